The fourth-order valence-corrected chi connectivity index (χ4v) is 2.54. The molecule has 3 nitrogen and oxygen atoms in total. The van der Waals surface area contributed by atoms with Gasteiger partial charge < -0.3 is 9.47 Å². The van der Waals surface area contributed by atoms with E-state index in [1.54, 1.807) is 11.8 Å². The number of hydrogen-bond acceptors (Lipinski definition) is 4. The van der Waals surface area contributed by atoms with Crippen molar-refractivity contribution in [1.29, 1.82) is 0 Å². The zero-order valence-corrected chi connectivity index (χ0v) is 12.4. The highest BCUT2D eigenvalue weighted by Gasteiger charge is 2.19. The average Bonchev–Trinajstić information content (AvgIpc) is 2.39. The monoisotopic (exact) mass is 277 g/mol. The van der Waals surface area contributed by atoms with Gasteiger partial charge in [0.1, 0.15) is 10.7 Å². The van der Waals surface area contributed by atoms with E-state index in [1.807, 2.05) is 51.1 Å². The van der Waals surface area contributed by atoms with Crippen LogP contribution in [0.2, 0.25) is 0 Å². The highest BCUT2D eigenvalue weighted by molar-refractivity contribution is 8.04. The normalized spacial score (nSPS) is 16.5. The van der Waals surface area contributed by atoms with Gasteiger partial charge in [-0.3, -0.25) is 0 Å². The maximum atomic E-state index is 5.86. The maximum Gasteiger partial charge on any atom is 0.231 e. The summed E-state index contributed by atoms with van der Waals surface area (Å²) < 4.78 is 11.4. The topological polar surface area (TPSA) is 30.8 Å². The molecule has 0 saturated carbocycles. The molecule has 4 heteroatoms. The summed E-state index contributed by atoms with van der Waals surface area (Å²) in [7, 11) is 0. The molecule has 0 atom stereocenters. The van der Waals surface area contributed by atoms with E-state index < -0.39 is 0 Å². The maximum absolute atomic E-state index is 5.86. The molecule has 0 spiro atoms. The summed E-state index contributed by atoms with van der Waals surface area (Å²) in [5, 5.41) is 0. The minimum atomic E-state index is 0.0882. The number of benzene rings is 1. The van der Waals surface area contributed by atoms with E-state index >= 15 is 0 Å². The van der Waals surface area contributed by atoms with Crippen molar-refractivity contribution in [3.63, 3.8) is 0 Å². The molecule has 102 valence electrons. The molecular weight excluding hydrogens is 258 g/mol. The van der Waals surface area contributed by atoms with Gasteiger partial charge in [0.25, 0.3) is 0 Å². The summed E-state index contributed by atoms with van der Waals surface area (Å²) in [4.78, 5) is 5.61. The summed E-state index contributed by atoms with van der Waals surface area (Å²) in [5.74, 6) is 2.48. The Kier molecular flexibility index (Phi) is 4.91. The summed E-state index contributed by atoms with van der Waals surface area (Å²) in [6.07, 6.45) is 0.0882. The third-order valence-electron chi connectivity index (χ3n) is 2.50. The van der Waals surface area contributed by atoms with Crippen LogP contribution < -0.4 is 0 Å². The molecule has 1 aromatic carbocycles. The minimum Gasteiger partial charge on any atom is -0.496 e. The summed E-state index contributed by atoms with van der Waals surface area (Å²) in [6, 6.07) is 9.85. The molecule has 0 fully saturated rings. The van der Waals surface area contributed by atoms with E-state index in [2.05, 4.69) is 4.99 Å². The third kappa shape index (κ3) is 4.03. The largest absolute Gasteiger partial charge is 0.496 e. The Labute approximate surface area is 118 Å². The molecule has 1 aromatic rings. The van der Waals surface area contributed by atoms with E-state index in [9.17, 15) is 0 Å². The van der Waals surface area contributed by atoms with Crippen LogP contribution in [-0.2, 0) is 9.47 Å². The lowest BCUT2D eigenvalue weighted by Crippen LogP contribution is -2.17. The molecule has 1 aliphatic heterocycles. The molecule has 0 saturated heterocycles. The van der Waals surface area contributed by atoms with Crippen molar-refractivity contribution in [1.82, 2.24) is 0 Å². The Balaban J connectivity index is 2.33. The van der Waals surface area contributed by atoms with Crippen LogP contribution in [0.1, 0.15) is 20.8 Å². The molecule has 0 bridgehead atoms. The van der Waals surface area contributed by atoms with Gasteiger partial charge in [0.05, 0.1) is 18.4 Å². The van der Waals surface area contributed by atoms with Crippen LogP contribution in [0, 0.1) is 0 Å². The van der Waals surface area contributed by atoms with Gasteiger partial charge in [-0.05, 0) is 32.9 Å². The second kappa shape index (κ2) is 6.66. The van der Waals surface area contributed by atoms with Crippen molar-refractivity contribution in [3.05, 3.63) is 41.0 Å². The Hall–Kier alpha value is -1.42. The predicted octanol–water partition coefficient (Wildman–Crippen LogP) is 4.14. The molecule has 0 unspecified atom stereocenters. The molecule has 0 N–H and O–H groups in total. The van der Waals surface area contributed by atoms with Crippen LogP contribution in [-0.4, -0.2) is 24.4 Å². The van der Waals surface area contributed by atoms with Crippen molar-refractivity contribution in [2.45, 2.75) is 26.9 Å². The minimum absolute atomic E-state index is 0.0882. The van der Waals surface area contributed by atoms with Crippen LogP contribution >= 0.6 is 11.8 Å². The predicted molar refractivity (Wildman–Crippen MR) is 80.9 cm³/mol. The van der Waals surface area contributed by atoms with Crippen molar-refractivity contribution < 1.29 is 9.47 Å². The zero-order valence-electron chi connectivity index (χ0n) is 11.6. The number of rotatable bonds is 3. The molecule has 0 radical (unpaired) electrons. The Morgan fingerprint density at radius 1 is 1.32 bits per heavy atom. The number of allylic oxidation sites excluding steroid dienone is 1. The fraction of sp³-hybridized carbons (Fsp3) is 0.400. The Bertz CT molecular complexity index is 480. The summed E-state index contributed by atoms with van der Waals surface area (Å²) in [5.41, 5.74) is 0.893. The van der Waals surface area contributed by atoms with E-state index in [-0.39, 0.29) is 6.10 Å². The standard InChI is InChI=1S/C15H19NO2S/c1-11(2)18-15(14-12(3)17-9-10-19-14)16-13-7-5-4-6-8-13/h4-8,11H,9-10H2,1-3H3. The summed E-state index contributed by atoms with van der Waals surface area (Å²) in [6.45, 7) is 6.72. The van der Waals surface area contributed by atoms with E-state index in [1.165, 1.54) is 0 Å². The summed E-state index contributed by atoms with van der Waals surface area (Å²) >= 11 is 1.74. The molecule has 0 amide bonds. The molecule has 0 aliphatic carbocycles. The van der Waals surface area contributed by atoms with Gasteiger partial charge >= 0.3 is 0 Å². The molecule has 1 aliphatic rings. The average molecular weight is 277 g/mol. The fourth-order valence-electron chi connectivity index (χ4n) is 1.69. The van der Waals surface area contributed by atoms with Crippen LogP contribution in [0.3, 0.4) is 0 Å². The SMILES string of the molecule is CC1=C(C(=Nc2ccccc2)OC(C)C)SCCO1. The quantitative estimate of drug-likeness (QED) is 0.614. The van der Waals surface area contributed by atoms with E-state index in [0.29, 0.717) is 5.90 Å². The molecule has 2 rings (SSSR count). The van der Waals surface area contributed by atoms with Crippen LogP contribution in [0.15, 0.2) is 46.0 Å². The lowest BCUT2D eigenvalue weighted by molar-refractivity contribution is 0.216. The molecule has 1 heterocycles. The second-order valence-electron chi connectivity index (χ2n) is 4.50. The first-order valence-corrected chi connectivity index (χ1v) is 7.42. The van der Waals surface area contributed by atoms with Crippen molar-refractivity contribution >= 4 is 23.3 Å². The van der Waals surface area contributed by atoms with Gasteiger partial charge in [0, 0.05) is 5.75 Å². The van der Waals surface area contributed by atoms with Gasteiger partial charge in [-0.15, -0.1) is 11.8 Å². The number of para-hydroxylation sites is 1. The second-order valence-corrected chi connectivity index (χ2v) is 5.61. The Morgan fingerprint density at radius 2 is 2.05 bits per heavy atom. The molecule has 0 aromatic heterocycles. The van der Waals surface area contributed by atoms with Crippen LogP contribution in [0.4, 0.5) is 5.69 Å². The number of ether oxygens (including phenoxy) is 2. The lowest BCUT2D eigenvalue weighted by atomic mass is 10.3. The highest BCUT2D eigenvalue weighted by Crippen LogP contribution is 2.29. The first kappa shape index (κ1) is 14.0. The van der Waals surface area contributed by atoms with Crippen molar-refractivity contribution in [2.75, 3.05) is 12.4 Å². The van der Waals surface area contributed by atoms with Gasteiger partial charge in [0.2, 0.25) is 5.90 Å². The van der Waals surface area contributed by atoms with Crippen molar-refractivity contribution in [2.24, 2.45) is 4.99 Å². The van der Waals surface area contributed by atoms with Gasteiger partial charge in [0.15, 0.2) is 0 Å². The highest BCUT2D eigenvalue weighted by atomic mass is 32.2. The first-order valence-electron chi connectivity index (χ1n) is 6.44. The molecule has 19 heavy (non-hydrogen) atoms. The van der Waals surface area contributed by atoms with Gasteiger partial charge in [-0.1, -0.05) is 18.2 Å². The van der Waals surface area contributed by atoms with Crippen molar-refractivity contribution in [3.8, 4) is 0 Å². The van der Waals surface area contributed by atoms with E-state index in [4.69, 9.17) is 9.47 Å². The smallest absolute Gasteiger partial charge is 0.231 e. The number of aliphatic imine (C=N–C) groups is 1. The Morgan fingerprint density at radius 3 is 2.68 bits per heavy atom. The van der Waals surface area contributed by atoms with Crippen LogP contribution in [0.25, 0.3) is 0 Å². The lowest BCUT2D eigenvalue weighted by Gasteiger charge is -2.21. The van der Waals surface area contributed by atoms with Gasteiger partial charge in [-0.2, -0.15) is 0 Å². The van der Waals surface area contributed by atoms with Crippen LogP contribution in [0.5, 0.6) is 0 Å². The number of thioether (sulfide) groups is 1. The zero-order chi connectivity index (χ0) is 13.7. The van der Waals surface area contributed by atoms with Gasteiger partial charge in [-0.25, -0.2) is 4.99 Å². The van der Waals surface area contributed by atoms with E-state index in [0.717, 1.165) is 28.7 Å². The number of hydrogen-bond donors (Lipinski definition) is 0. The number of nitrogens with zero attached hydrogens (tertiary/aromatic N) is 1. The molecular formula is C15H19NO2S. The third-order valence-corrected chi connectivity index (χ3v) is 3.62. The first-order chi connectivity index (χ1) is 9.16.